The molecule has 0 radical (unpaired) electrons. The number of halogens is 4. The van der Waals surface area contributed by atoms with Crippen molar-refractivity contribution in [3.05, 3.63) is 77.1 Å². The fourth-order valence-electron chi connectivity index (χ4n) is 6.91. The highest BCUT2D eigenvalue weighted by Gasteiger charge is 2.62. The molecule has 52 heavy (non-hydrogen) atoms. The van der Waals surface area contributed by atoms with Gasteiger partial charge in [-0.3, -0.25) is 24.0 Å². The highest BCUT2D eigenvalue weighted by atomic mass is 32.2. The molecule has 0 bridgehead atoms. The molecule has 2 saturated carbocycles. The van der Waals surface area contributed by atoms with E-state index in [0.29, 0.717) is 30.4 Å². The van der Waals surface area contributed by atoms with Crippen molar-refractivity contribution < 1.29 is 49.9 Å². The molecule has 2 aliphatic heterocycles. The molecule has 6 rings (SSSR count). The number of fused-ring (bicyclic) bond motifs is 1. The Morgan fingerprint density at radius 3 is 2.42 bits per heavy atom. The number of rotatable bonds is 11. The Hall–Kier alpha value is -4.67. The van der Waals surface area contributed by atoms with E-state index in [2.05, 4.69) is 21.9 Å². The molecule has 2 aromatic carbocycles. The van der Waals surface area contributed by atoms with Gasteiger partial charge in [-0.05, 0) is 67.5 Å². The van der Waals surface area contributed by atoms with E-state index >= 15 is 0 Å². The molecule has 0 spiro atoms. The fraction of sp³-hybridized carbons (Fsp3) is 0.486. The van der Waals surface area contributed by atoms with E-state index in [1.165, 1.54) is 36.1 Å². The summed E-state index contributed by atoms with van der Waals surface area (Å²) in [5.41, 5.74) is -1.42. The van der Waals surface area contributed by atoms with Gasteiger partial charge in [0.05, 0.1) is 23.9 Å². The number of alkyl halides is 3. The number of carbonyl (C=O) groups is 4. The van der Waals surface area contributed by atoms with Gasteiger partial charge < -0.3 is 20.3 Å². The molecule has 280 valence electrons. The Morgan fingerprint density at radius 1 is 1.10 bits per heavy atom. The normalized spacial score (nSPS) is 24.5. The van der Waals surface area contributed by atoms with Gasteiger partial charge >= 0.3 is 12.3 Å². The summed E-state index contributed by atoms with van der Waals surface area (Å²) >= 11 is 0. The van der Waals surface area contributed by atoms with Crippen molar-refractivity contribution in [3.8, 4) is 0 Å². The summed E-state index contributed by atoms with van der Waals surface area (Å²) in [6.07, 6.45) is -5.34. The first-order valence-corrected chi connectivity index (χ1v) is 18.5. The van der Waals surface area contributed by atoms with Crippen LogP contribution in [0.15, 0.2) is 54.6 Å². The average molecular weight is 750 g/mol. The molecule has 4 amide bonds. The lowest BCUT2D eigenvalue weighted by molar-refractivity contribution is -0.139. The van der Waals surface area contributed by atoms with E-state index in [-0.39, 0.29) is 43.7 Å². The van der Waals surface area contributed by atoms with Crippen molar-refractivity contribution in [3.63, 3.8) is 0 Å². The topological polar surface area (TPSA) is 154 Å². The van der Waals surface area contributed by atoms with Gasteiger partial charge in [-0.25, -0.2) is 17.6 Å². The second kappa shape index (κ2) is 13.7. The average Bonchev–Trinajstić information content (AvgIpc) is 3.97. The van der Waals surface area contributed by atoms with Gasteiger partial charge in [-0.2, -0.15) is 13.2 Å². The number of ether oxygens (including phenoxy) is 1. The van der Waals surface area contributed by atoms with Crippen LogP contribution in [-0.2, 0) is 48.4 Å². The minimum absolute atomic E-state index is 0.0450. The maximum absolute atomic E-state index is 14.4. The number of nitrogens with zero attached hydrogens (tertiary/aromatic N) is 2. The second-order valence-electron chi connectivity index (χ2n) is 13.9. The lowest BCUT2D eigenvalue weighted by Crippen LogP contribution is -2.57. The molecule has 4 aliphatic rings. The first kappa shape index (κ1) is 37.1. The molecule has 2 heterocycles. The van der Waals surface area contributed by atoms with Gasteiger partial charge in [0.2, 0.25) is 21.8 Å². The molecule has 17 heteroatoms. The van der Waals surface area contributed by atoms with Gasteiger partial charge in [0.1, 0.15) is 29.5 Å². The number of likely N-dealkylation sites (tertiary alicyclic amines) is 1. The van der Waals surface area contributed by atoms with Crippen LogP contribution in [0.25, 0.3) is 0 Å². The minimum Gasteiger partial charge on any atom is -0.444 e. The Labute approximate surface area is 298 Å². The summed E-state index contributed by atoms with van der Waals surface area (Å²) in [5.74, 6) is -3.33. The smallest absolute Gasteiger partial charge is 0.416 e. The third kappa shape index (κ3) is 7.45. The summed E-state index contributed by atoms with van der Waals surface area (Å²) in [6.45, 7) is 6.80. The van der Waals surface area contributed by atoms with Crippen LogP contribution in [0.5, 0.6) is 0 Å². The molecule has 3 fully saturated rings. The third-order valence-corrected chi connectivity index (χ3v) is 11.9. The fourth-order valence-corrected chi connectivity index (χ4v) is 8.28. The van der Waals surface area contributed by atoms with Crippen molar-refractivity contribution in [2.75, 3.05) is 11.9 Å². The molecule has 1 saturated heterocycles. The molecule has 0 aromatic heterocycles. The third-order valence-electron chi connectivity index (χ3n) is 10.1. The summed E-state index contributed by atoms with van der Waals surface area (Å²) in [4.78, 5) is 57.4. The lowest BCUT2D eigenvalue weighted by Gasteiger charge is -2.30. The van der Waals surface area contributed by atoms with Crippen LogP contribution in [0, 0.1) is 11.7 Å². The Balaban J connectivity index is 1.24. The largest absolute Gasteiger partial charge is 0.444 e. The van der Waals surface area contributed by atoms with Crippen LogP contribution >= 0.6 is 0 Å². The van der Waals surface area contributed by atoms with Crippen LogP contribution in [0.1, 0.15) is 62.6 Å². The second-order valence-corrected chi connectivity index (χ2v) is 15.9. The molecular formula is C35H39F4N5O7S. The molecule has 2 aromatic rings. The van der Waals surface area contributed by atoms with E-state index in [9.17, 15) is 45.2 Å². The highest BCUT2D eigenvalue weighted by Crippen LogP contribution is 2.47. The number of hydrogen-bond acceptors (Lipinski definition) is 8. The lowest BCUT2D eigenvalue weighted by atomic mass is 10.1. The van der Waals surface area contributed by atoms with Gasteiger partial charge in [-0.1, -0.05) is 38.1 Å². The van der Waals surface area contributed by atoms with E-state index in [4.69, 9.17) is 4.74 Å². The summed E-state index contributed by atoms with van der Waals surface area (Å²) < 4.78 is 87.8. The molecule has 5 atom stereocenters. The van der Waals surface area contributed by atoms with Crippen LogP contribution < -0.4 is 15.4 Å². The Bertz CT molecular complexity index is 1920. The maximum atomic E-state index is 14.4. The Kier molecular flexibility index (Phi) is 9.78. The van der Waals surface area contributed by atoms with Crippen LogP contribution in [0.4, 0.5) is 28.0 Å². The summed E-state index contributed by atoms with van der Waals surface area (Å²) in [6, 6.07) is 6.03. The number of amides is 4. The van der Waals surface area contributed by atoms with Gasteiger partial charge in [0, 0.05) is 24.2 Å². The predicted molar refractivity (Wildman–Crippen MR) is 179 cm³/mol. The minimum atomic E-state index is -4.66. The summed E-state index contributed by atoms with van der Waals surface area (Å²) in [7, 11) is -3.95. The molecule has 2 aliphatic carbocycles. The van der Waals surface area contributed by atoms with E-state index in [1.807, 2.05) is 0 Å². The number of anilines is 1. The Morgan fingerprint density at radius 2 is 1.81 bits per heavy atom. The van der Waals surface area contributed by atoms with Gasteiger partial charge in [0.15, 0.2) is 0 Å². The van der Waals surface area contributed by atoms with Crippen LogP contribution in [0.2, 0.25) is 0 Å². The number of nitrogens with one attached hydrogen (secondary N) is 3. The zero-order chi connectivity index (χ0) is 37.7. The quantitative estimate of drug-likeness (QED) is 0.228. The van der Waals surface area contributed by atoms with Gasteiger partial charge in [-0.15, -0.1) is 0 Å². The van der Waals surface area contributed by atoms with Crippen molar-refractivity contribution in [2.45, 2.75) is 94.2 Å². The monoisotopic (exact) mass is 749 g/mol. The number of hydrogen-bond donors (Lipinski definition) is 3. The van der Waals surface area contributed by atoms with Crippen molar-refractivity contribution >= 4 is 39.5 Å². The SMILES string of the molecule is C=C(C)[C@H](Nc1cccc(C(F)(F)F)c1)C(=O)N1C[C@H](OC(=O)N2Cc3cccc(F)c3C2)C[C@H]1C(=O)N[C@]1(C(=O)NS(=O)(=O)C2CC2)C[C@H]1CC. The predicted octanol–water partition coefficient (Wildman–Crippen LogP) is 4.22. The zero-order valence-corrected chi connectivity index (χ0v) is 29.3. The van der Waals surface area contributed by atoms with E-state index in [1.54, 1.807) is 13.0 Å². The van der Waals surface area contributed by atoms with Crippen molar-refractivity contribution in [1.82, 2.24) is 19.8 Å². The number of carbonyl (C=O) groups excluding carboxylic acids is 4. The number of benzene rings is 2. The first-order chi connectivity index (χ1) is 24.4. The van der Waals surface area contributed by atoms with Crippen LogP contribution in [-0.4, -0.2) is 77.6 Å². The molecular weight excluding hydrogens is 710 g/mol. The van der Waals surface area contributed by atoms with Crippen molar-refractivity contribution in [1.29, 1.82) is 0 Å². The molecule has 12 nitrogen and oxygen atoms in total. The zero-order valence-electron chi connectivity index (χ0n) is 28.5. The summed E-state index contributed by atoms with van der Waals surface area (Å²) in [5, 5.41) is 4.78. The first-order valence-electron chi connectivity index (χ1n) is 16.9. The molecule has 0 unspecified atom stereocenters. The molecule has 3 N–H and O–H groups in total. The van der Waals surface area contributed by atoms with Crippen LogP contribution in [0.3, 0.4) is 0 Å². The highest BCUT2D eigenvalue weighted by molar-refractivity contribution is 7.91. The standard InChI is InChI=1S/C35H39F4N5O7S/c1-4-21-15-34(21,32(47)42-52(49,50)25-11-12-25)41-30(45)28-14-24(51-33(48)43-16-20-7-5-10-27(36)26(20)18-43)17-44(28)31(46)29(19(2)3)40-23-9-6-8-22(13-23)35(37,38)39/h5-10,13,21,24-25,28-29,40H,2,4,11-12,14-18H2,1,3H3,(H,41,45)(H,42,47)/t21-,24-,28+,29+,34-/m1/s1. The van der Waals surface area contributed by atoms with E-state index in [0.717, 1.165) is 17.0 Å². The number of sulfonamides is 1. The van der Waals surface area contributed by atoms with Crippen molar-refractivity contribution in [2.24, 2.45) is 5.92 Å². The maximum Gasteiger partial charge on any atom is 0.416 e. The van der Waals surface area contributed by atoms with Gasteiger partial charge in [0.25, 0.3) is 5.91 Å². The van der Waals surface area contributed by atoms with E-state index < -0.39 is 86.3 Å².